The van der Waals surface area contributed by atoms with Crippen molar-refractivity contribution in [2.75, 3.05) is 13.2 Å². The molecule has 0 aliphatic heterocycles. The van der Waals surface area contributed by atoms with Crippen molar-refractivity contribution in [3.05, 3.63) is 21.3 Å². The first-order valence-corrected chi connectivity index (χ1v) is 6.87. The third kappa shape index (κ3) is 3.99. The van der Waals surface area contributed by atoms with Crippen LogP contribution in [0, 0.1) is 0 Å². The van der Waals surface area contributed by atoms with Crippen LogP contribution in [0.5, 0.6) is 0 Å². The second-order valence-electron chi connectivity index (χ2n) is 3.94. The fraction of sp³-hybridized carbons (Fsp3) is 0.500. The summed E-state index contributed by atoms with van der Waals surface area (Å²) in [5.41, 5.74) is 0. The molecule has 100 valence electrons. The van der Waals surface area contributed by atoms with Crippen LogP contribution < -0.4 is 0 Å². The van der Waals surface area contributed by atoms with Crippen LogP contribution >= 0.6 is 22.9 Å². The molecule has 0 unspecified atom stereocenters. The molecule has 0 saturated carbocycles. The Hall–Kier alpha value is -1.07. The van der Waals surface area contributed by atoms with E-state index in [1.807, 2.05) is 13.8 Å². The number of carbonyl (C=O) groups excluding carboxylic acids is 2. The topological polar surface area (TPSA) is 46.6 Å². The van der Waals surface area contributed by atoms with Gasteiger partial charge in [0, 0.05) is 6.04 Å². The van der Waals surface area contributed by atoms with Gasteiger partial charge in [-0.2, -0.15) is 0 Å². The largest absolute Gasteiger partial charge is 0.465 e. The first-order valence-electron chi connectivity index (χ1n) is 5.67. The van der Waals surface area contributed by atoms with E-state index >= 15 is 0 Å². The molecule has 0 atom stereocenters. The molecule has 0 aromatic carbocycles. The maximum Gasteiger partial charge on any atom is 0.325 e. The Morgan fingerprint density at radius 2 is 2.11 bits per heavy atom. The number of hydrogen-bond acceptors (Lipinski definition) is 4. The van der Waals surface area contributed by atoms with Crippen molar-refractivity contribution in [3.63, 3.8) is 0 Å². The highest BCUT2D eigenvalue weighted by Gasteiger charge is 2.23. The average molecular weight is 290 g/mol. The van der Waals surface area contributed by atoms with Crippen LogP contribution in [-0.2, 0) is 9.53 Å². The molecule has 0 fully saturated rings. The highest BCUT2D eigenvalue weighted by atomic mass is 35.5. The van der Waals surface area contributed by atoms with Gasteiger partial charge in [0.1, 0.15) is 6.54 Å². The zero-order chi connectivity index (χ0) is 13.7. The smallest absolute Gasteiger partial charge is 0.325 e. The van der Waals surface area contributed by atoms with E-state index in [0.717, 1.165) is 0 Å². The maximum absolute atomic E-state index is 12.2. The van der Waals surface area contributed by atoms with Gasteiger partial charge in [0.25, 0.3) is 5.91 Å². The number of nitrogens with zero attached hydrogens (tertiary/aromatic N) is 1. The summed E-state index contributed by atoms with van der Waals surface area (Å²) in [5.74, 6) is -0.600. The summed E-state index contributed by atoms with van der Waals surface area (Å²) in [6, 6.07) is 3.25. The first kappa shape index (κ1) is 15.0. The highest BCUT2D eigenvalue weighted by Crippen LogP contribution is 2.23. The van der Waals surface area contributed by atoms with Gasteiger partial charge in [0.15, 0.2) is 0 Å². The second kappa shape index (κ2) is 6.75. The molecule has 18 heavy (non-hydrogen) atoms. The minimum atomic E-state index is -0.401. The standard InChI is InChI=1S/C12H16ClNO3S/c1-4-17-11(15)7-14(8(2)3)12(16)9-5-6-10(13)18-9/h5-6,8H,4,7H2,1-3H3. The normalized spacial score (nSPS) is 10.5. The fourth-order valence-electron chi connectivity index (χ4n) is 1.41. The van der Waals surface area contributed by atoms with Crippen LogP contribution in [0.2, 0.25) is 4.34 Å². The van der Waals surface area contributed by atoms with Gasteiger partial charge >= 0.3 is 5.97 Å². The van der Waals surface area contributed by atoms with Gasteiger partial charge in [0.05, 0.1) is 15.8 Å². The zero-order valence-electron chi connectivity index (χ0n) is 10.6. The Labute approximate surface area is 115 Å². The number of hydrogen-bond donors (Lipinski definition) is 0. The molecule has 0 aliphatic rings. The lowest BCUT2D eigenvalue weighted by Gasteiger charge is -2.25. The fourth-order valence-corrected chi connectivity index (χ4v) is 2.40. The van der Waals surface area contributed by atoms with Gasteiger partial charge < -0.3 is 9.64 Å². The predicted molar refractivity (Wildman–Crippen MR) is 72.1 cm³/mol. The summed E-state index contributed by atoms with van der Waals surface area (Å²) in [6.07, 6.45) is 0. The lowest BCUT2D eigenvalue weighted by Crippen LogP contribution is -2.40. The number of halogens is 1. The minimum absolute atomic E-state index is 0.0418. The van der Waals surface area contributed by atoms with Gasteiger partial charge in [-0.25, -0.2) is 0 Å². The van der Waals surface area contributed by atoms with Gasteiger partial charge in [-0.05, 0) is 32.9 Å². The molecule has 1 aromatic rings. The predicted octanol–water partition coefficient (Wildman–Crippen LogP) is 2.82. The Balaban J connectivity index is 2.79. The van der Waals surface area contributed by atoms with Crippen molar-refractivity contribution in [1.29, 1.82) is 0 Å². The SMILES string of the molecule is CCOC(=O)CN(C(=O)c1ccc(Cl)s1)C(C)C. The summed E-state index contributed by atoms with van der Waals surface area (Å²) in [4.78, 5) is 25.7. The van der Waals surface area contributed by atoms with E-state index in [1.54, 1.807) is 19.1 Å². The van der Waals surface area contributed by atoms with E-state index in [1.165, 1.54) is 16.2 Å². The lowest BCUT2D eigenvalue weighted by atomic mass is 10.3. The summed E-state index contributed by atoms with van der Waals surface area (Å²) in [5, 5.41) is 0. The summed E-state index contributed by atoms with van der Waals surface area (Å²) >= 11 is 7.00. The van der Waals surface area contributed by atoms with E-state index in [0.29, 0.717) is 15.8 Å². The summed E-state index contributed by atoms with van der Waals surface area (Å²) in [7, 11) is 0. The van der Waals surface area contributed by atoms with E-state index < -0.39 is 5.97 Å². The van der Waals surface area contributed by atoms with Gasteiger partial charge in [-0.3, -0.25) is 9.59 Å². The minimum Gasteiger partial charge on any atom is -0.465 e. The summed E-state index contributed by atoms with van der Waals surface area (Å²) < 4.78 is 5.41. The van der Waals surface area contributed by atoms with Crippen LogP contribution in [0.3, 0.4) is 0 Å². The van der Waals surface area contributed by atoms with E-state index in [9.17, 15) is 9.59 Å². The van der Waals surface area contributed by atoms with E-state index in [2.05, 4.69) is 0 Å². The van der Waals surface area contributed by atoms with Crippen LogP contribution in [0.1, 0.15) is 30.4 Å². The quantitative estimate of drug-likeness (QED) is 0.783. The van der Waals surface area contributed by atoms with Gasteiger partial charge in [-0.15, -0.1) is 11.3 Å². The molecule has 0 aliphatic carbocycles. The zero-order valence-corrected chi connectivity index (χ0v) is 12.2. The monoisotopic (exact) mass is 289 g/mol. The Bertz CT molecular complexity index is 431. The molecular weight excluding hydrogens is 274 g/mol. The molecule has 4 nitrogen and oxygen atoms in total. The van der Waals surface area contributed by atoms with E-state index in [-0.39, 0.29) is 18.5 Å². The number of esters is 1. The molecule has 0 saturated heterocycles. The van der Waals surface area contributed by atoms with E-state index in [4.69, 9.17) is 16.3 Å². The molecule has 1 amide bonds. The van der Waals surface area contributed by atoms with Crippen molar-refractivity contribution in [2.45, 2.75) is 26.8 Å². The molecule has 0 N–H and O–H groups in total. The number of amides is 1. The highest BCUT2D eigenvalue weighted by molar-refractivity contribution is 7.17. The average Bonchev–Trinajstić information content (AvgIpc) is 2.72. The first-order chi connectivity index (χ1) is 8.45. The van der Waals surface area contributed by atoms with Crippen molar-refractivity contribution in [1.82, 2.24) is 4.90 Å². The Kier molecular flexibility index (Phi) is 5.62. The summed E-state index contributed by atoms with van der Waals surface area (Å²) in [6.45, 7) is 5.71. The molecule has 1 heterocycles. The third-order valence-corrected chi connectivity index (χ3v) is 3.49. The van der Waals surface area contributed by atoms with Crippen LogP contribution in [-0.4, -0.2) is 36.0 Å². The van der Waals surface area contributed by atoms with Gasteiger partial charge in [0.2, 0.25) is 0 Å². The molecule has 0 spiro atoms. The molecule has 0 radical (unpaired) electrons. The Morgan fingerprint density at radius 3 is 2.56 bits per heavy atom. The number of rotatable bonds is 5. The number of thiophene rings is 1. The van der Waals surface area contributed by atoms with Crippen molar-refractivity contribution in [2.24, 2.45) is 0 Å². The second-order valence-corrected chi connectivity index (χ2v) is 5.65. The lowest BCUT2D eigenvalue weighted by molar-refractivity contribution is -0.144. The number of carbonyl (C=O) groups is 2. The van der Waals surface area contributed by atoms with Crippen LogP contribution in [0.15, 0.2) is 12.1 Å². The Morgan fingerprint density at radius 1 is 1.44 bits per heavy atom. The molecule has 1 rings (SSSR count). The van der Waals surface area contributed by atoms with Crippen molar-refractivity contribution in [3.8, 4) is 0 Å². The maximum atomic E-state index is 12.2. The van der Waals surface area contributed by atoms with Crippen LogP contribution in [0.25, 0.3) is 0 Å². The van der Waals surface area contributed by atoms with Crippen molar-refractivity contribution >= 4 is 34.8 Å². The third-order valence-electron chi connectivity index (χ3n) is 2.27. The van der Waals surface area contributed by atoms with Gasteiger partial charge in [-0.1, -0.05) is 11.6 Å². The van der Waals surface area contributed by atoms with Crippen LogP contribution in [0.4, 0.5) is 0 Å². The molecule has 0 bridgehead atoms. The molecule has 1 aromatic heterocycles. The molecular formula is C12H16ClNO3S. The molecule has 6 heteroatoms. The van der Waals surface area contributed by atoms with Crippen molar-refractivity contribution < 1.29 is 14.3 Å². The number of ether oxygens (including phenoxy) is 1.